The quantitative estimate of drug-likeness (QED) is 0.709. The fourth-order valence-electron chi connectivity index (χ4n) is 2.62. The van der Waals surface area contributed by atoms with Gasteiger partial charge in [-0.05, 0) is 27.8 Å². The molecule has 0 radical (unpaired) electrons. The van der Waals surface area contributed by atoms with Crippen LogP contribution in [-0.4, -0.2) is 78.2 Å². The molecule has 2 aliphatic heterocycles. The fraction of sp³-hybridized carbons (Fsp3) is 0.857. The van der Waals surface area contributed by atoms with E-state index in [1.54, 1.807) is 4.90 Å². The van der Waals surface area contributed by atoms with Crippen molar-refractivity contribution in [2.45, 2.75) is 31.9 Å². The zero-order valence-electron chi connectivity index (χ0n) is 12.8. The molecule has 0 atom stereocenters. The third kappa shape index (κ3) is 3.05. The second kappa shape index (κ2) is 5.23. The van der Waals surface area contributed by atoms with Gasteiger partial charge in [0.15, 0.2) is 0 Å². The maximum absolute atomic E-state index is 11.9. The monoisotopic (exact) mass is 280 g/mol. The third-order valence-electron chi connectivity index (χ3n) is 3.87. The minimum Gasteiger partial charge on any atom is -0.444 e. The molecule has 2 heterocycles. The lowest BCUT2D eigenvalue weighted by molar-refractivity contribution is -0.0501. The zero-order valence-corrected chi connectivity index (χ0v) is 12.8. The number of ether oxygens (including phenoxy) is 1. The van der Waals surface area contributed by atoms with Gasteiger partial charge < -0.3 is 14.5 Å². The molecule has 2 saturated heterocycles. The lowest BCUT2D eigenvalue weighted by Crippen LogP contribution is -2.72. The molecule has 0 unspecified atom stereocenters. The third-order valence-corrected chi connectivity index (χ3v) is 3.87. The number of rotatable bonds is 1. The van der Waals surface area contributed by atoms with Gasteiger partial charge in [-0.25, -0.2) is 4.79 Å². The SMILES string of the molecule is CN1CCN(C2(C#N)CN(C(=O)OC(C)(C)C)C2)CC1. The topological polar surface area (TPSA) is 59.8 Å². The maximum Gasteiger partial charge on any atom is 0.410 e. The highest BCUT2D eigenvalue weighted by molar-refractivity contribution is 5.70. The number of carbonyl (C=O) groups is 1. The predicted octanol–water partition coefficient (Wildman–Crippen LogP) is 0.747. The summed E-state index contributed by atoms with van der Waals surface area (Å²) in [6.07, 6.45) is -0.322. The standard InChI is InChI=1S/C14H24N4O2/c1-13(2,3)20-12(19)17-10-14(9-15,11-17)18-7-5-16(4)6-8-18/h5-8,10-11H2,1-4H3. The van der Waals surface area contributed by atoms with Gasteiger partial charge in [0.05, 0.1) is 19.2 Å². The predicted molar refractivity (Wildman–Crippen MR) is 75.2 cm³/mol. The van der Waals surface area contributed by atoms with Gasteiger partial charge in [-0.15, -0.1) is 0 Å². The highest BCUT2D eigenvalue weighted by atomic mass is 16.6. The number of likely N-dealkylation sites (N-methyl/N-ethyl adjacent to an activating group) is 1. The molecule has 0 aromatic rings. The summed E-state index contributed by atoms with van der Waals surface area (Å²) in [6, 6.07) is 2.41. The van der Waals surface area contributed by atoms with Crippen molar-refractivity contribution in [1.29, 1.82) is 5.26 Å². The summed E-state index contributed by atoms with van der Waals surface area (Å²) in [5, 5.41) is 9.50. The minimum absolute atomic E-state index is 0.322. The largest absolute Gasteiger partial charge is 0.444 e. The number of nitrogens with zero attached hydrogens (tertiary/aromatic N) is 4. The molecule has 0 bridgehead atoms. The van der Waals surface area contributed by atoms with E-state index in [1.165, 1.54) is 0 Å². The first-order valence-corrected chi connectivity index (χ1v) is 7.08. The Morgan fingerprint density at radius 3 is 2.20 bits per heavy atom. The highest BCUT2D eigenvalue weighted by Crippen LogP contribution is 2.29. The number of amides is 1. The molecule has 2 aliphatic rings. The van der Waals surface area contributed by atoms with Gasteiger partial charge in [-0.2, -0.15) is 5.26 Å². The van der Waals surface area contributed by atoms with Crippen LogP contribution in [0.4, 0.5) is 4.79 Å². The van der Waals surface area contributed by atoms with E-state index < -0.39 is 11.1 Å². The highest BCUT2D eigenvalue weighted by Gasteiger charge is 2.51. The normalized spacial score (nSPS) is 23.9. The van der Waals surface area contributed by atoms with Crippen LogP contribution < -0.4 is 0 Å². The molecule has 20 heavy (non-hydrogen) atoms. The van der Waals surface area contributed by atoms with Gasteiger partial charge in [-0.3, -0.25) is 4.90 Å². The summed E-state index contributed by atoms with van der Waals surface area (Å²) in [5.74, 6) is 0. The van der Waals surface area contributed by atoms with Crippen LogP contribution in [0, 0.1) is 11.3 Å². The van der Waals surface area contributed by atoms with E-state index in [4.69, 9.17) is 4.74 Å². The number of piperazine rings is 1. The van der Waals surface area contributed by atoms with Gasteiger partial charge >= 0.3 is 6.09 Å². The molecule has 112 valence electrons. The number of carbonyl (C=O) groups excluding carboxylic acids is 1. The molecule has 1 amide bonds. The summed E-state index contributed by atoms with van der Waals surface area (Å²) in [5.41, 5.74) is -1.01. The van der Waals surface area contributed by atoms with Crippen LogP contribution >= 0.6 is 0 Å². The molecule has 2 rings (SSSR count). The molecule has 0 aliphatic carbocycles. The van der Waals surface area contributed by atoms with E-state index in [2.05, 4.69) is 22.9 Å². The van der Waals surface area contributed by atoms with E-state index in [0.29, 0.717) is 13.1 Å². The lowest BCUT2D eigenvalue weighted by Gasteiger charge is -2.52. The van der Waals surface area contributed by atoms with Gasteiger partial charge in [0, 0.05) is 26.2 Å². The van der Waals surface area contributed by atoms with Crippen molar-refractivity contribution < 1.29 is 9.53 Å². The van der Waals surface area contributed by atoms with E-state index >= 15 is 0 Å². The van der Waals surface area contributed by atoms with Crippen LogP contribution in [0.5, 0.6) is 0 Å². The van der Waals surface area contributed by atoms with Gasteiger partial charge in [0.2, 0.25) is 0 Å². The lowest BCUT2D eigenvalue weighted by atomic mass is 9.89. The zero-order chi connectivity index (χ0) is 15.0. The minimum atomic E-state index is -0.516. The Balaban J connectivity index is 1.91. The summed E-state index contributed by atoms with van der Waals surface area (Å²) >= 11 is 0. The first-order valence-electron chi connectivity index (χ1n) is 7.08. The average molecular weight is 280 g/mol. The Morgan fingerprint density at radius 1 is 1.20 bits per heavy atom. The Hall–Kier alpha value is -1.32. The number of nitriles is 1. The number of hydrogen-bond donors (Lipinski definition) is 0. The van der Waals surface area contributed by atoms with Crippen molar-refractivity contribution in [1.82, 2.24) is 14.7 Å². The molecule has 0 aromatic carbocycles. The second-order valence-corrected chi connectivity index (χ2v) is 6.77. The Bertz CT molecular complexity index is 410. The first kappa shape index (κ1) is 15.1. The maximum atomic E-state index is 11.9. The second-order valence-electron chi connectivity index (χ2n) is 6.77. The Labute approximate surface area is 120 Å². The van der Waals surface area contributed by atoms with Crippen LogP contribution in [0.25, 0.3) is 0 Å². The average Bonchev–Trinajstić information content (AvgIpc) is 2.28. The molecule has 0 spiro atoms. The molecule has 0 N–H and O–H groups in total. The molecule has 6 heteroatoms. The van der Waals surface area contributed by atoms with Gasteiger partial charge in [-0.1, -0.05) is 0 Å². The van der Waals surface area contributed by atoms with Crippen LogP contribution in [0.15, 0.2) is 0 Å². The van der Waals surface area contributed by atoms with Gasteiger partial charge in [0.1, 0.15) is 11.1 Å². The van der Waals surface area contributed by atoms with Crippen molar-refractivity contribution >= 4 is 6.09 Å². The first-order chi connectivity index (χ1) is 9.26. The summed E-state index contributed by atoms with van der Waals surface area (Å²) in [4.78, 5) is 18.0. The van der Waals surface area contributed by atoms with E-state index in [0.717, 1.165) is 26.2 Å². The Morgan fingerprint density at radius 2 is 1.75 bits per heavy atom. The molecular weight excluding hydrogens is 256 g/mol. The van der Waals surface area contributed by atoms with Crippen molar-refractivity contribution in [2.24, 2.45) is 0 Å². The molecule has 0 saturated carbocycles. The molecule has 0 aromatic heterocycles. The van der Waals surface area contributed by atoms with Crippen molar-refractivity contribution in [2.75, 3.05) is 46.3 Å². The fourth-order valence-corrected chi connectivity index (χ4v) is 2.62. The van der Waals surface area contributed by atoms with Crippen LogP contribution in [0.1, 0.15) is 20.8 Å². The number of hydrogen-bond acceptors (Lipinski definition) is 5. The summed E-state index contributed by atoms with van der Waals surface area (Å²) < 4.78 is 5.33. The molecule has 2 fully saturated rings. The van der Waals surface area contributed by atoms with E-state index in [1.807, 2.05) is 20.8 Å². The van der Waals surface area contributed by atoms with E-state index in [9.17, 15) is 10.1 Å². The smallest absolute Gasteiger partial charge is 0.410 e. The van der Waals surface area contributed by atoms with Crippen LogP contribution in [0.3, 0.4) is 0 Å². The van der Waals surface area contributed by atoms with Crippen molar-refractivity contribution in [3.05, 3.63) is 0 Å². The molecular formula is C14H24N4O2. The summed E-state index contributed by atoms with van der Waals surface area (Å²) in [6.45, 7) is 10.1. The van der Waals surface area contributed by atoms with Gasteiger partial charge in [0.25, 0.3) is 0 Å². The Kier molecular flexibility index (Phi) is 3.94. The van der Waals surface area contributed by atoms with Crippen LogP contribution in [-0.2, 0) is 4.74 Å². The van der Waals surface area contributed by atoms with Crippen molar-refractivity contribution in [3.8, 4) is 6.07 Å². The number of likely N-dealkylation sites (tertiary alicyclic amines) is 1. The van der Waals surface area contributed by atoms with Crippen LogP contribution in [0.2, 0.25) is 0 Å². The summed E-state index contributed by atoms with van der Waals surface area (Å²) in [7, 11) is 2.09. The van der Waals surface area contributed by atoms with Crippen molar-refractivity contribution in [3.63, 3.8) is 0 Å². The molecule has 6 nitrogen and oxygen atoms in total. The van der Waals surface area contributed by atoms with E-state index in [-0.39, 0.29) is 6.09 Å².